The Hall–Kier alpha value is -1.36. The highest BCUT2D eigenvalue weighted by Crippen LogP contribution is 2.14. The van der Waals surface area contributed by atoms with Gasteiger partial charge in [0.2, 0.25) is 5.95 Å². The molecule has 5 nitrogen and oxygen atoms in total. The van der Waals surface area contributed by atoms with E-state index in [1.165, 1.54) is 0 Å². The van der Waals surface area contributed by atoms with Crippen LogP contribution in [0.2, 0.25) is 0 Å². The van der Waals surface area contributed by atoms with Gasteiger partial charge in [-0.1, -0.05) is 13.3 Å². The highest BCUT2D eigenvalue weighted by molar-refractivity contribution is 5.31. The molecular formula is C12H20N4O. The molecule has 1 aromatic heterocycles. The molecule has 1 aliphatic rings. The Labute approximate surface area is 101 Å². The SMILES string of the molecule is CCCc1cc(=O)[nH]c(N2CCC(N)CC2)n1. The lowest BCUT2D eigenvalue weighted by Crippen LogP contribution is -2.41. The Bertz CT molecular complexity index is 421. The van der Waals surface area contributed by atoms with E-state index in [1.54, 1.807) is 6.07 Å². The Morgan fingerprint density at radius 2 is 2.24 bits per heavy atom. The Morgan fingerprint density at radius 1 is 1.53 bits per heavy atom. The van der Waals surface area contributed by atoms with Crippen molar-refractivity contribution in [3.05, 3.63) is 22.1 Å². The normalized spacial score (nSPS) is 17.4. The van der Waals surface area contributed by atoms with E-state index in [0.717, 1.165) is 44.5 Å². The average Bonchev–Trinajstić information content (AvgIpc) is 2.29. The second kappa shape index (κ2) is 5.31. The first-order valence-corrected chi connectivity index (χ1v) is 6.30. The standard InChI is InChI=1S/C12H20N4O/c1-2-3-10-8-11(17)15-12(14-10)16-6-4-9(13)5-7-16/h8-9H,2-7,13H2,1H3,(H,14,15,17). The van der Waals surface area contributed by atoms with Crippen molar-refractivity contribution in [1.82, 2.24) is 9.97 Å². The van der Waals surface area contributed by atoms with Crippen LogP contribution in [0, 0.1) is 0 Å². The number of rotatable bonds is 3. The number of H-pyrrole nitrogens is 1. The van der Waals surface area contributed by atoms with Crippen molar-refractivity contribution in [2.75, 3.05) is 18.0 Å². The molecule has 1 aliphatic heterocycles. The lowest BCUT2D eigenvalue weighted by Gasteiger charge is -2.30. The summed E-state index contributed by atoms with van der Waals surface area (Å²) in [5.41, 5.74) is 6.68. The summed E-state index contributed by atoms with van der Waals surface area (Å²) in [6.45, 7) is 3.84. The van der Waals surface area contributed by atoms with E-state index in [0.29, 0.717) is 5.95 Å². The first kappa shape index (κ1) is 12.1. The Kier molecular flexibility index (Phi) is 3.78. The summed E-state index contributed by atoms with van der Waals surface area (Å²) in [5.74, 6) is 0.702. The van der Waals surface area contributed by atoms with Crippen molar-refractivity contribution in [2.45, 2.75) is 38.6 Å². The van der Waals surface area contributed by atoms with Gasteiger partial charge >= 0.3 is 0 Å². The van der Waals surface area contributed by atoms with Gasteiger partial charge in [0.25, 0.3) is 5.56 Å². The van der Waals surface area contributed by atoms with Gasteiger partial charge in [-0.3, -0.25) is 9.78 Å². The van der Waals surface area contributed by atoms with Crippen molar-refractivity contribution >= 4 is 5.95 Å². The molecule has 0 atom stereocenters. The number of aromatic nitrogens is 2. The molecule has 0 saturated carbocycles. The molecule has 0 aromatic carbocycles. The fourth-order valence-corrected chi connectivity index (χ4v) is 2.14. The molecule has 1 aromatic rings. The molecular weight excluding hydrogens is 216 g/mol. The molecule has 0 aliphatic carbocycles. The largest absolute Gasteiger partial charge is 0.342 e. The zero-order valence-corrected chi connectivity index (χ0v) is 10.3. The molecule has 2 heterocycles. The smallest absolute Gasteiger partial charge is 0.252 e. The van der Waals surface area contributed by atoms with Gasteiger partial charge in [-0.2, -0.15) is 0 Å². The minimum atomic E-state index is -0.0617. The predicted octanol–water partition coefficient (Wildman–Crippen LogP) is 0.650. The van der Waals surface area contributed by atoms with Crippen molar-refractivity contribution in [2.24, 2.45) is 5.73 Å². The van der Waals surface area contributed by atoms with Crippen LogP contribution in [0.3, 0.4) is 0 Å². The van der Waals surface area contributed by atoms with Crippen LogP contribution >= 0.6 is 0 Å². The van der Waals surface area contributed by atoms with Crippen LogP contribution in [-0.4, -0.2) is 29.1 Å². The van der Waals surface area contributed by atoms with Gasteiger partial charge in [0.1, 0.15) is 0 Å². The summed E-state index contributed by atoms with van der Waals surface area (Å²) in [7, 11) is 0. The van der Waals surface area contributed by atoms with Gasteiger partial charge in [0, 0.05) is 30.9 Å². The number of hydrogen-bond donors (Lipinski definition) is 2. The molecule has 1 saturated heterocycles. The molecule has 17 heavy (non-hydrogen) atoms. The lowest BCUT2D eigenvalue weighted by atomic mass is 10.1. The van der Waals surface area contributed by atoms with Crippen LogP contribution in [0.15, 0.2) is 10.9 Å². The third kappa shape index (κ3) is 3.06. The maximum Gasteiger partial charge on any atom is 0.252 e. The van der Waals surface area contributed by atoms with E-state index < -0.39 is 0 Å². The highest BCUT2D eigenvalue weighted by atomic mass is 16.1. The number of nitrogens with zero attached hydrogens (tertiary/aromatic N) is 2. The average molecular weight is 236 g/mol. The lowest BCUT2D eigenvalue weighted by molar-refractivity contribution is 0.494. The molecule has 94 valence electrons. The molecule has 2 rings (SSSR count). The first-order valence-electron chi connectivity index (χ1n) is 6.30. The first-order chi connectivity index (χ1) is 8.19. The third-order valence-electron chi connectivity index (χ3n) is 3.13. The zero-order chi connectivity index (χ0) is 12.3. The molecule has 5 heteroatoms. The van der Waals surface area contributed by atoms with E-state index in [2.05, 4.69) is 21.8 Å². The molecule has 0 unspecified atom stereocenters. The van der Waals surface area contributed by atoms with Gasteiger partial charge in [0.05, 0.1) is 0 Å². The highest BCUT2D eigenvalue weighted by Gasteiger charge is 2.18. The van der Waals surface area contributed by atoms with Crippen molar-refractivity contribution in [3.8, 4) is 0 Å². The Balaban J connectivity index is 2.17. The van der Waals surface area contributed by atoms with Gasteiger partial charge in [0.15, 0.2) is 0 Å². The number of piperidine rings is 1. The van der Waals surface area contributed by atoms with Crippen LogP contribution in [0.5, 0.6) is 0 Å². The summed E-state index contributed by atoms with van der Waals surface area (Å²) < 4.78 is 0. The molecule has 0 radical (unpaired) electrons. The number of aryl methyl sites for hydroxylation is 1. The van der Waals surface area contributed by atoms with E-state index in [4.69, 9.17) is 5.73 Å². The number of hydrogen-bond acceptors (Lipinski definition) is 4. The van der Waals surface area contributed by atoms with Crippen molar-refractivity contribution < 1.29 is 0 Å². The summed E-state index contributed by atoms with van der Waals surface area (Å²) in [6, 6.07) is 1.87. The quantitative estimate of drug-likeness (QED) is 0.808. The monoisotopic (exact) mass is 236 g/mol. The van der Waals surface area contributed by atoms with Crippen LogP contribution in [0.4, 0.5) is 5.95 Å². The fraction of sp³-hybridized carbons (Fsp3) is 0.667. The number of aromatic amines is 1. The summed E-state index contributed by atoms with van der Waals surface area (Å²) in [4.78, 5) is 21.0. The van der Waals surface area contributed by atoms with E-state index in [1.807, 2.05) is 0 Å². The molecule has 0 amide bonds. The summed E-state index contributed by atoms with van der Waals surface area (Å²) in [6.07, 6.45) is 3.77. The minimum absolute atomic E-state index is 0.0617. The topological polar surface area (TPSA) is 75.0 Å². The van der Waals surface area contributed by atoms with Gasteiger partial charge < -0.3 is 10.6 Å². The van der Waals surface area contributed by atoms with E-state index in [-0.39, 0.29) is 11.6 Å². The van der Waals surface area contributed by atoms with Crippen molar-refractivity contribution in [3.63, 3.8) is 0 Å². The number of nitrogens with one attached hydrogen (secondary N) is 1. The minimum Gasteiger partial charge on any atom is -0.342 e. The number of anilines is 1. The fourth-order valence-electron chi connectivity index (χ4n) is 2.14. The van der Waals surface area contributed by atoms with E-state index >= 15 is 0 Å². The van der Waals surface area contributed by atoms with Crippen LogP contribution < -0.4 is 16.2 Å². The zero-order valence-electron chi connectivity index (χ0n) is 10.3. The second-order valence-electron chi connectivity index (χ2n) is 4.63. The molecule has 3 N–H and O–H groups in total. The van der Waals surface area contributed by atoms with E-state index in [9.17, 15) is 4.79 Å². The van der Waals surface area contributed by atoms with Gasteiger partial charge in [-0.15, -0.1) is 0 Å². The predicted molar refractivity (Wildman–Crippen MR) is 68.3 cm³/mol. The van der Waals surface area contributed by atoms with Crippen LogP contribution in [0.1, 0.15) is 31.9 Å². The number of nitrogens with two attached hydrogens (primary N) is 1. The van der Waals surface area contributed by atoms with Crippen LogP contribution in [-0.2, 0) is 6.42 Å². The van der Waals surface area contributed by atoms with Crippen LogP contribution in [0.25, 0.3) is 0 Å². The van der Waals surface area contributed by atoms with Gasteiger partial charge in [-0.25, -0.2) is 4.98 Å². The third-order valence-corrected chi connectivity index (χ3v) is 3.13. The molecule has 0 bridgehead atoms. The second-order valence-corrected chi connectivity index (χ2v) is 4.63. The molecule has 0 spiro atoms. The summed E-state index contributed by atoms with van der Waals surface area (Å²) in [5, 5.41) is 0. The molecule has 1 fully saturated rings. The summed E-state index contributed by atoms with van der Waals surface area (Å²) >= 11 is 0. The maximum absolute atomic E-state index is 11.5. The van der Waals surface area contributed by atoms with Crippen molar-refractivity contribution in [1.29, 1.82) is 0 Å². The Morgan fingerprint density at radius 3 is 2.88 bits per heavy atom. The maximum atomic E-state index is 11.5. The van der Waals surface area contributed by atoms with Gasteiger partial charge in [-0.05, 0) is 19.3 Å².